The summed E-state index contributed by atoms with van der Waals surface area (Å²) in [5.41, 5.74) is 1.79. The van der Waals surface area contributed by atoms with Crippen LogP contribution in [0.2, 0.25) is 10.0 Å². The summed E-state index contributed by atoms with van der Waals surface area (Å²) in [6.45, 7) is 3.03. The molecule has 4 heteroatoms. The van der Waals surface area contributed by atoms with E-state index in [0.717, 1.165) is 30.0 Å². The lowest BCUT2D eigenvalue weighted by molar-refractivity contribution is 0.970. The van der Waals surface area contributed by atoms with Crippen LogP contribution >= 0.6 is 23.2 Å². The van der Waals surface area contributed by atoms with Gasteiger partial charge in [-0.2, -0.15) is 0 Å². The van der Waals surface area contributed by atoms with Gasteiger partial charge in [-0.3, -0.25) is 0 Å². The summed E-state index contributed by atoms with van der Waals surface area (Å²) in [5, 5.41) is 4.49. The van der Waals surface area contributed by atoms with Crippen LogP contribution in [0.1, 0.15) is 13.3 Å². The van der Waals surface area contributed by atoms with Crippen LogP contribution in [-0.2, 0) is 0 Å². The molecule has 0 spiro atoms. The molecule has 0 fully saturated rings. The summed E-state index contributed by atoms with van der Waals surface area (Å²) in [6, 6.07) is 11.3. The Morgan fingerprint density at radius 2 is 1.83 bits per heavy atom. The van der Waals surface area contributed by atoms with Crippen LogP contribution in [0.15, 0.2) is 36.4 Å². The molecule has 0 unspecified atom stereocenters. The van der Waals surface area contributed by atoms with Crippen LogP contribution in [0.4, 0.5) is 5.82 Å². The molecule has 0 aliphatic heterocycles. The number of rotatable bonds is 4. The fourth-order valence-corrected chi connectivity index (χ4v) is 2.17. The first-order valence-corrected chi connectivity index (χ1v) is 6.62. The standard InChI is InChI=1S/C14H14Cl2N2/c1-2-6-17-14-5-3-4-13(18-14)10-7-11(15)9-12(16)8-10/h3-5,7-9H,2,6H2,1H3,(H,17,18). The molecule has 0 amide bonds. The molecule has 1 N–H and O–H groups in total. The summed E-state index contributed by atoms with van der Waals surface area (Å²) in [5.74, 6) is 0.866. The molecule has 0 radical (unpaired) electrons. The van der Waals surface area contributed by atoms with Gasteiger partial charge in [0.1, 0.15) is 5.82 Å². The van der Waals surface area contributed by atoms with Gasteiger partial charge in [0.2, 0.25) is 0 Å². The molecule has 2 aromatic rings. The van der Waals surface area contributed by atoms with Crippen LogP contribution in [0, 0.1) is 0 Å². The van der Waals surface area contributed by atoms with Gasteiger partial charge in [0, 0.05) is 22.2 Å². The van der Waals surface area contributed by atoms with Crippen LogP contribution < -0.4 is 5.32 Å². The summed E-state index contributed by atoms with van der Waals surface area (Å²) < 4.78 is 0. The smallest absolute Gasteiger partial charge is 0.126 e. The molecule has 0 atom stereocenters. The molecule has 0 saturated carbocycles. The SMILES string of the molecule is CCCNc1cccc(-c2cc(Cl)cc(Cl)c2)n1. The minimum Gasteiger partial charge on any atom is -0.370 e. The first-order chi connectivity index (χ1) is 8.69. The van der Waals surface area contributed by atoms with Gasteiger partial charge in [-0.25, -0.2) is 4.98 Å². The maximum atomic E-state index is 6.00. The van der Waals surface area contributed by atoms with Gasteiger partial charge < -0.3 is 5.32 Å². The van der Waals surface area contributed by atoms with Gasteiger partial charge in [-0.1, -0.05) is 36.2 Å². The van der Waals surface area contributed by atoms with Crippen molar-refractivity contribution in [3.8, 4) is 11.3 Å². The third-order valence-corrected chi connectivity index (χ3v) is 2.90. The average Bonchev–Trinajstić information content (AvgIpc) is 2.35. The Kier molecular flexibility index (Phi) is 4.45. The molecule has 18 heavy (non-hydrogen) atoms. The number of anilines is 1. The number of hydrogen-bond acceptors (Lipinski definition) is 2. The average molecular weight is 281 g/mol. The molecule has 2 nitrogen and oxygen atoms in total. The van der Waals surface area contributed by atoms with Crippen LogP contribution in [-0.4, -0.2) is 11.5 Å². The van der Waals surface area contributed by atoms with Crippen molar-refractivity contribution in [1.82, 2.24) is 4.98 Å². The van der Waals surface area contributed by atoms with E-state index in [-0.39, 0.29) is 0 Å². The number of benzene rings is 1. The van der Waals surface area contributed by atoms with Crippen LogP contribution in [0.25, 0.3) is 11.3 Å². The summed E-state index contributed by atoms with van der Waals surface area (Å²) in [7, 11) is 0. The van der Waals surface area contributed by atoms with Gasteiger partial charge in [0.05, 0.1) is 5.69 Å². The van der Waals surface area contributed by atoms with Gasteiger partial charge in [-0.05, 0) is 36.8 Å². The topological polar surface area (TPSA) is 24.9 Å². The molecule has 94 valence electrons. The number of hydrogen-bond donors (Lipinski definition) is 1. The molecule has 0 saturated heterocycles. The zero-order valence-corrected chi connectivity index (χ0v) is 11.6. The normalized spacial score (nSPS) is 10.4. The van der Waals surface area contributed by atoms with Crippen LogP contribution in [0.3, 0.4) is 0 Å². The molecule has 1 heterocycles. The molecule has 0 bridgehead atoms. The van der Waals surface area contributed by atoms with E-state index in [1.54, 1.807) is 6.07 Å². The van der Waals surface area contributed by atoms with Crippen molar-refractivity contribution < 1.29 is 0 Å². The second-order valence-corrected chi connectivity index (χ2v) is 4.87. The third-order valence-electron chi connectivity index (χ3n) is 2.46. The van der Waals surface area contributed by atoms with Gasteiger partial charge >= 0.3 is 0 Å². The lowest BCUT2D eigenvalue weighted by Crippen LogP contribution is -2.01. The fourth-order valence-electron chi connectivity index (χ4n) is 1.65. The van der Waals surface area contributed by atoms with Gasteiger partial charge in [-0.15, -0.1) is 0 Å². The maximum Gasteiger partial charge on any atom is 0.126 e. The molecule has 2 rings (SSSR count). The van der Waals surface area contributed by atoms with Crippen molar-refractivity contribution in [3.05, 3.63) is 46.4 Å². The Labute approximate surface area is 117 Å². The molecule has 0 aliphatic rings. The largest absolute Gasteiger partial charge is 0.370 e. The Morgan fingerprint density at radius 1 is 1.11 bits per heavy atom. The molecule has 0 aliphatic carbocycles. The third kappa shape index (κ3) is 3.37. The lowest BCUT2D eigenvalue weighted by atomic mass is 10.1. The highest BCUT2D eigenvalue weighted by Crippen LogP contribution is 2.26. The zero-order chi connectivity index (χ0) is 13.0. The highest BCUT2D eigenvalue weighted by molar-refractivity contribution is 6.35. The van der Waals surface area contributed by atoms with Crippen molar-refractivity contribution in [2.45, 2.75) is 13.3 Å². The van der Waals surface area contributed by atoms with Crippen molar-refractivity contribution in [3.63, 3.8) is 0 Å². The van der Waals surface area contributed by atoms with E-state index in [2.05, 4.69) is 17.2 Å². The quantitative estimate of drug-likeness (QED) is 0.864. The summed E-state index contributed by atoms with van der Waals surface area (Å²) in [4.78, 5) is 4.53. The van der Waals surface area contributed by atoms with Crippen LogP contribution in [0.5, 0.6) is 0 Å². The van der Waals surface area contributed by atoms with E-state index < -0.39 is 0 Å². The minimum atomic E-state index is 0.617. The maximum absolute atomic E-state index is 6.00. The van der Waals surface area contributed by atoms with Crippen molar-refractivity contribution in [2.24, 2.45) is 0 Å². The second-order valence-electron chi connectivity index (χ2n) is 3.99. The number of pyridine rings is 1. The highest BCUT2D eigenvalue weighted by atomic mass is 35.5. The van der Waals surface area contributed by atoms with Crippen molar-refractivity contribution in [1.29, 1.82) is 0 Å². The Balaban J connectivity index is 2.32. The van der Waals surface area contributed by atoms with E-state index in [9.17, 15) is 0 Å². The number of nitrogens with one attached hydrogen (secondary N) is 1. The molecule has 1 aromatic carbocycles. The molecular formula is C14H14Cl2N2. The lowest BCUT2D eigenvalue weighted by Gasteiger charge is -2.07. The van der Waals surface area contributed by atoms with E-state index in [1.807, 2.05) is 30.3 Å². The Morgan fingerprint density at radius 3 is 2.50 bits per heavy atom. The van der Waals surface area contributed by atoms with E-state index >= 15 is 0 Å². The van der Waals surface area contributed by atoms with Gasteiger partial charge in [0.15, 0.2) is 0 Å². The predicted octanol–water partition coefficient (Wildman–Crippen LogP) is 4.88. The minimum absolute atomic E-state index is 0.617. The van der Waals surface area contributed by atoms with Crippen molar-refractivity contribution >= 4 is 29.0 Å². The zero-order valence-electron chi connectivity index (χ0n) is 10.1. The first-order valence-electron chi connectivity index (χ1n) is 5.86. The summed E-state index contributed by atoms with van der Waals surface area (Å²) in [6.07, 6.45) is 1.06. The molecular weight excluding hydrogens is 267 g/mol. The number of nitrogens with zero attached hydrogens (tertiary/aromatic N) is 1. The monoisotopic (exact) mass is 280 g/mol. The van der Waals surface area contributed by atoms with Crippen molar-refractivity contribution in [2.75, 3.05) is 11.9 Å². The Hall–Kier alpha value is -1.25. The van der Waals surface area contributed by atoms with Gasteiger partial charge in [0.25, 0.3) is 0 Å². The summed E-state index contributed by atoms with van der Waals surface area (Å²) >= 11 is 12.0. The highest BCUT2D eigenvalue weighted by Gasteiger charge is 2.03. The molecule has 1 aromatic heterocycles. The number of aromatic nitrogens is 1. The Bertz CT molecular complexity index is 521. The predicted molar refractivity (Wildman–Crippen MR) is 78.5 cm³/mol. The fraction of sp³-hybridized carbons (Fsp3) is 0.214. The van der Waals surface area contributed by atoms with E-state index in [4.69, 9.17) is 23.2 Å². The second kappa shape index (κ2) is 6.07. The van der Waals surface area contributed by atoms with E-state index in [1.165, 1.54) is 0 Å². The first kappa shape index (κ1) is 13.2. The van der Waals surface area contributed by atoms with E-state index in [0.29, 0.717) is 10.0 Å². The number of halogens is 2.